The first-order valence-electron chi connectivity index (χ1n) is 6.49. The van der Waals surface area contributed by atoms with Crippen LogP contribution in [0.15, 0.2) is 29.9 Å². The Bertz CT molecular complexity index is 778. The Morgan fingerprint density at radius 1 is 1.24 bits per heavy atom. The molecule has 0 spiro atoms. The Balaban J connectivity index is 1.67. The predicted octanol–water partition coefficient (Wildman–Crippen LogP) is 4.52. The summed E-state index contributed by atoms with van der Waals surface area (Å²) in [6, 6.07) is 5.35. The van der Waals surface area contributed by atoms with Gasteiger partial charge in [0.2, 0.25) is 0 Å². The van der Waals surface area contributed by atoms with E-state index in [0.29, 0.717) is 11.0 Å². The van der Waals surface area contributed by atoms with E-state index in [4.69, 9.17) is 0 Å². The number of rotatable bonds is 3. The van der Waals surface area contributed by atoms with Gasteiger partial charge in [-0.2, -0.15) is 0 Å². The molecule has 3 rings (SSSR count). The lowest BCUT2D eigenvalue weighted by molar-refractivity contribution is 0.262. The van der Waals surface area contributed by atoms with Gasteiger partial charge >= 0.3 is 6.03 Å². The number of amides is 2. The highest BCUT2D eigenvalue weighted by Crippen LogP contribution is 2.25. The van der Waals surface area contributed by atoms with E-state index in [2.05, 4.69) is 34.4 Å². The second kappa shape index (κ2) is 5.79. The maximum atomic E-state index is 12.0. The van der Waals surface area contributed by atoms with Gasteiger partial charge < -0.3 is 5.32 Å². The Morgan fingerprint density at radius 3 is 2.86 bits per heavy atom. The zero-order valence-corrected chi connectivity index (χ0v) is 13.2. The highest BCUT2D eigenvalue weighted by Gasteiger charge is 2.09. The second-order valence-corrected chi connectivity index (χ2v) is 6.79. The fraction of sp³-hybridized carbons (Fsp3) is 0.214. The van der Waals surface area contributed by atoms with E-state index in [0.717, 1.165) is 20.8 Å². The minimum Gasteiger partial charge on any atom is -0.308 e. The zero-order chi connectivity index (χ0) is 14.8. The van der Waals surface area contributed by atoms with Gasteiger partial charge in [-0.05, 0) is 24.1 Å². The van der Waals surface area contributed by atoms with E-state index in [1.165, 1.54) is 11.3 Å². The third-order valence-corrected chi connectivity index (χ3v) is 4.91. The third-order valence-electron chi connectivity index (χ3n) is 2.90. The number of hydrogen-bond donors (Lipinski definition) is 2. The first-order chi connectivity index (χ1) is 10.1. The van der Waals surface area contributed by atoms with Crippen LogP contribution in [0.2, 0.25) is 0 Å². The molecule has 0 radical (unpaired) electrons. The normalized spacial score (nSPS) is 11.0. The zero-order valence-electron chi connectivity index (χ0n) is 11.6. The van der Waals surface area contributed by atoms with E-state index in [1.807, 2.05) is 18.2 Å². The molecule has 0 aliphatic carbocycles. The fourth-order valence-electron chi connectivity index (χ4n) is 1.80. The van der Waals surface area contributed by atoms with Gasteiger partial charge in [-0.15, -0.1) is 22.7 Å². The van der Waals surface area contributed by atoms with Crippen molar-refractivity contribution in [1.29, 1.82) is 0 Å². The van der Waals surface area contributed by atoms with Crippen molar-refractivity contribution in [3.05, 3.63) is 34.8 Å². The number of nitrogens with one attached hydrogen (secondary N) is 2. The molecule has 0 unspecified atom stereocenters. The van der Waals surface area contributed by atoms with Crippen LogP contribution in [0.5, 0.6) is 0 Å². The van der Waals surface area contributed by atoms with Crippen LogP contribution in [0.1, 0.15) is 24.6 Å². The van der Waals surface area contributed by atoms with Crippen molar-refractivity contribution in [3.8, 4) is 0 Å². The van der Waals surface area contributed by atoms with Gasteiger partial charge in [0, 0.05) is 16.8 Å². The molecule has 1 aromatic carbocycles. The van der Waals surface area contributed by atoms with E-state index in [1.54, 1.807) is 23.0 Å². The average molecular weight is 318 g/mol. The summed E-state index contributed by atoms with van der Waals surface area (Å²) in [5.41, 5.74) is 3.47. The monoisotopic (exact) mass is 318 g/mol. The minimum atomic E-state index is -0.288. The molecule has 0 bridgehead atoms. The molecule has 5 nitrogen and oxygen atoms in total. The fourth-order valence-corrected chi connectivity index (χ4v) is 3.33. The van der Waals surface area contributed by atoms with Gasteiger partial charge in [-0.1, -0.05) is 13.8 Å². The molecule has 0 aliphatic rings. The van der Waals surface area contributed by atoms with Crippen LogP contribution < -0.4 is 10.6 Å². The summed E-state index contributed by atoms with van der Waals surface area (Å²) in [6.07, 6.45) is 1.80. The number of thiazole rings is 2. The van der Waals surface area contributed by atoms with Crippen molar-refractivity contribution in [2.75, 3.05) is 10.6 Å². The summed E-state index contributed by atoms with van der Waals surface area (Å²) < 4.78 is 1.05. The van der Waals surface area contributed by atoms with Crippen molar-refractivity contribution in [3.63, 3.8) is 0 Å². The molecule has 2 aromatic heterocycles. The molecule has 2 amide bonds. The smallest absolute Gasteiger partial charge is 0.308 e. The van der Waals surface area contributed by atoms with E-state index in [9.17, 15) is 4.79 Å². The van der Waals surface area contributed by atoms with Crippen LogP contribution in [0.4, 0.5) is 15.6 Å². The van der Waals surface area contributed by atoms with Crippen LogP contribution in [0, 0.1) is 0 Å². The number of nitrogens with zero attached hydrogens (tertiary/aromatic N) is 2. The molecule has 21 heavy (non-hydrogen) atoms. The summed E-state index contributed by atoms with van der Waals surface area (Å²) in [6.45, 7) is 4.20. The van der Waals surface area contributed by atoms with E-state index < -0.39 is 0 Å². The molecule has 108 valence electrons. The number of aromatic nitrogens is 2. The van der Waals surface area contributed by atoms with Crippen LogP contribution >= 0.6 is 22.7 Å². The first-order valence-corrected chi connectivity index (χ1v) is 8.18. The summed E-state index contributed by atoms with van der Waals surface area (Å²) in [4.78, 5) is 21.5. The highest BCUT2D eigenvalue weighted by atomic mass is 32.1. The molecule has 7 heteroatoms. The van der Waals surface area contributed by atoms with Gasteiger partial charge in [-0.3, -0.25) is 5.32 Å². The molecule has 0 fully saturated rings. The Hall–Kier alpha value is -1.99. The number of carbonyl (C=O) groups excluding carboxylic acids is 1. The van der Waals surface area contributed by atoms with Crippen LogP contribution in [0.25, 0.3) is 10.2 Å². The Labute approximate surface area is 130 Å². The van der Waals surface area contributed by atoms with Gasteiger partial charge in [0.05, 0.1) is 15.7 Å². The summed E-state index contributed by atoms with van der Waals surface area (Å²) in [5, 5.41) is 6.17. The molecule has 0 saturated carbocycles. The summed E-state index contributed by atoms with van der Waals surface area (Å²) in [7, 11) is 0. The number of fused-ring (bicyclic) bond motifs is 1. The van der Waals surface area contributed by atoms with Gasteiger partial charge in [-0.25, -0.2) is 14.8 Å². The number of carbonyl (C=O) groups is 1. The van der Waals surface area contributed by atoms with Crippen molar-refractivity contribution >= 4 is 49.7 Å². The summed E-state index contributed by atoms with van der Waals surface area (Å²) in [5.74, 6) is 0.412. The third kappa shape index (κ3) is 3.20. The molecule has 0 atom stereocenters. The number of anilines is 2. The van der Waals surface area contributed by atoms with Gasteiger partial charge in [0.1, 0.15) is 0 Å². The number of benzene rings is 1. The predicted molar refractivity (Wildman–Crippen MR) is 88.5 cm³/mol. The minimum absolute atomic E-state index is 0.288. The molecule has 2 heterocycles. The molecule has 0 saturated heterocycles. The van der Waals surface area contributed by atoms with Crippen LogP contribution in [-0.2, 0) is 0 Å². The lowest BCUT2D eigenvalue weighted by Crippen LogP contribution is -2.19. The van der Waals surface area contributed by atoms with E-state index in [-0.39, 0.29) is 6.03 Å². The topological polar surface area (TPSA) is 66.9 Å². The largest absolute Gasteiger partial charge is 0.325 e. The van der Waals surface area contributed by atoms with Crippen molar-refractivity contribution in [1.82, 2.24) is 9.97 Å². The maximum Gasteiger partial charge on any atom is 0.325 e. The number of urea groups is 1. The van der Waals surface area contributed by atoms with Crippen molar-refractivity contribution < 1.29 is 4.79 Å². The van der Waals surface area contributed by atoms with Crippen LogP contribution in [-0.4, -0.2) is 16.0 Å². The highest BCUT2D eigenvalue weighted by molar-refractivity contribution is 7.16. The van der Waals surface area contributed by atoms with Crippen LogP contribution in [0.3, 0.4) is 0 Å². The van der Waals surface area contributed by atoms with E-state index >= 15 is 0 Å². The van der Waals surface area contributed by atoms with Crippen molar-refractivity contribution in [2.45, 2.75) is 19.8 Å². The quantitative estimate of drug-likeness (QED) is 0.746. The molecular formula is C14H14N4OS2. The second-order valence-electron chi connectivity index (χ2n) is 4.84. The Morgan fingerprint density at radius 2 is 2.10 bits per heavy atom. The Kier molecular flexibility index (Phi) is 3.85. The molecular weight excluding hydrogens is 304 g/mol. The lowest BCUT2D eigenvalue weighted by atomic mass is 10.2. The van der Waals surface area contributed by atoms with Gasteiger partial charge in [0.25, 0.3) is 0 Å². The maximum absolute atomic E-state index is 12.0. The van der Waals surface area contributed by atoms with Gasteiger partial charge in [0.15, 0.2) is 5.13 Å². The molecule has 3 aromatic rings. The SMILES string of the molecule is CC(C)c1cnc(NC(=O)Nc2ccc3ncsc3c2)s1. The number of hydrogen-bond acceptors (Lipinski definition) is 5. The molecule has 0 aliphatic heterocycles. The molecule has 2 N–H and O–H groups in total. The van der Waals surface area contributed by atoms with Crippen molar-refractivity contribution in [2.24, 2.45) is 0 Å². The summed E-state index contributed by atoms with van der Waals surface area (Å²) >= 11 is 3.04. The first kappa shape index (κ1) is 14.0. The lowest BCUT2D eigenvalue weighted by Gasteiger charge is -2.05. The standard InChI is InChI=1S/C14H14N4OS2/c1-8(2)12-6-15-14(21-12)18-13(19)17-9-3-4-10-11(5-9)20-7-16-10/h3-8H,1-2H3,(H2,15,17,18,19). The average Bonchev–Trinajstić information content (AvgIpc) is 3.06.